The van der Waals surface area contributed by atoms with Gasteiger partial charge in [-0.1, -0.05) is 12.1 Å². The Morgan fingerprint density at radius 3 is 2.10 bits per heavy atom. The van der Waals surface area contributed by atoms with Gasteiger partial charge >= 0.3 is 0 Å². The molecule has 8 nitrogen and oxygen atoms in total. The predicted octanol–water partition coefficient (Wildman–Crippen LogP) is 6.86. The van der Waals surface area contributed by atoms with Crippen molar-refractivity contribution in [1.29, 1.82) is 0 Å². The number of rotatable bonds is 8. The Morgan fingerprint density at radius 2 is 1.48 bits per heavy atom. The number of allylic oxidation sites excluding steroid dienone is 1. The van der Waals surface area contributed by atoms with E-state index in [0.29, 0.717) is 53.8 Å². The maximum Gasteiger partial charge on any atom is 0.203 e. The smallest absolute Gasteiger partial charge is 0.203 e. The zero-order valence-electron chi connectivity index (χ0n) is 23.2. The number of ketones is 1. The number of fused-ring (bicyclic) bond motifs is 1. The molecule has 0 fully saturated rings. The quantitative estimate of drug-likeness (QED) is 0.287. The summed E-state index contributed by atoms with van der Waals surface area (Å²) in [5, 5.41) is 7.22. The van der Waals surface area contributed by atoms with Crippen molar-refractivity contribution in [2.45, 2.75) is 31.7 Å². The fourth-order valence-corrected chi connectivity index (χ4v) is 6.15. The maximum atomic E-state index is 14.1. The van der Waals surface area contributed by atoms with Gasteiger partial charge in [-0.3, -0.25) is 4.79 Å². The van der Waals surface area contributed by atoms with Gasteiger partial charge < -0.3 is 34.3 Å². The second kappa shape index (κ2) is 11.7. The van der Waals surface area contributed by atoms with Crippen molar-refractivity contribution in [3.8, 4) is 28.7 Å². The number of Topliss-reactive ketones (excluding diaryl/α,β-unsaturated/α-hetero) is 1. The normalized spacial score (nSPS) is 18.0. The summed E-state index contributed by atoms with van der Waals surface area (Å²) < 4.78 is 28.9. The van der Waals surface area contributed by atoms with E-state index in [-0.39, 0.29) is 11.7 Å². The standard InChI is InChI=1S/C31H33BrN2O6/c1-6-40-27-16-19(11-20(32)30(27)38-4)29-28-23(33-21-9-7-8-10-22(21)34-29)12-17(13-24(28)35)18-14-25(36-2)31(39-5)26(15-18)37-3/h7-11,14-17,29,33-34H,6,12-13H2,1-5H3. The fourth-order valence-electron chi connectivity index (χ4n) is 5.53. The second-order valence-electron chi connectivity index (χ2n) is 9.59. The van der Waals surface area contributed by atoms with Crippen LogP contribution in [0.25, 0.3) is 0 Å². The Bertz CT molecular complexity index is 1450. The van der Waals surface area contributed by atoms with E-state index in [4.69, 9.17) is 23.7 Å². The third-order valence-electron chi connectivity index (χ3n) is 7.34. The van der Waals surface area contributed by atoms with Crippen LogP contribution in [0.2, 0.25) is 0 Å². The number of nitrogens with one attached hydrogen (secondary N) is 2. The molecule has 0 saturated heterocycles. The number of benzene rings is 3. The first-order valence-electron chi connectivity index (χ1n) is 13.1. The van der Waals surface area contributed by atoms with Crippen molar-refractivity contribution in [3.63, 3.8) is 0 Å². The van der Waals surface area contributed by atoms with Crippen LogP contribution in [0.4, 0.5) is 11.4 Å². The van der Waals surface area contributed by atoms with E-state index in [1.807, 2.05) is 55.5 Å². The van der Waals surface area contributed by atoms with Crippen molar-refractivity contribution in [3.05, 3.63) is 75.4 Å². The Hall–Kier alpha value is -3.85. The number of para-hydroxylation sites is 2. The summed E-state index contributed by atoms with van der Waals surface area (Å²) in [6.07, 6.45) is 0.963. The monoisotopic (exact) mass is 608 g/mol. The van der Waals surface area contributed by atoms with E-state index in [2.05, 4.69) is 26.6 Å². The lowest BCUT2D eigenvalue weighted by Crippen LogP contribution is -2.27. The molecule has 3 aromatic carbocycles. The molecule has 1 aliphatic heterocycles. The molecule has 1 heterocycles. The fraction of sp³-hybridized carbons (Fsp3) is 0.323. The van der Waals surface area contributed by atoms with Gasteiger partial charge in [0.15, 0.2) is 28.8 Å². The first-order chi connectivity index (χ1) is 19.4. The van der Waals surface area contributed by atoms with Crippen molar-refractivity contribution < 1.29 is 28.5 Å². The molecule has 5 rings (SSSR count). The second-order valence-corrected chi connectivity index (χ2v) is 10.4. The van der Waals surface area contributed by atoms with E-state index < -0.39 is 6.04 Å². The van der Waals surface area contributed by atoms with Gasteiger partial charge in [0.05, 0.1) is 56.9 Å². The van der Waals surface area contributed by atoms with E-state index in [1.54, 1.807) is 28.4 Å². The number of halogens is 1. The number of hydrogen-bond acceptors (Lipinski definition) is 8. The molecule has 0 bridgehead atoms. The maximum absolute atomic E-state index is 14.1. The van der Waals surface area contributed by atoms with Crippen LogP contribution >= 0.6 is 15.9 Å². The largest absolute Gasteiger partial charge is 0.493 e. The molecule has 0 aromatic heterocycles. The van der Waals surface area contributed by atoms with Gasteiger partial charge in [-0.05, 0) is 82.7 Å². The van der Waals surface area contributed by atoms with Crippen LogP contribution in [0, 0.1) is 0 Å². The third-order valence-corrected chi connectivity index (χ3v) is 7.93. The van der Waals surface area contributed by atoms with Gasteiger partial charge in [0, 0.05) is 17.7 Å². The lowest BCUT2D eigenvalue weighted by molar-refractivity contribution is -0.116. The van der Waals surface area contributed by atoms with E-state index in [0.717, 1.165) is 32.7 Å². The molecule has 2 N–H and O–H groups in total. The highest BCUT2D eigenvalue weighted by Crippen LogP contribution is 2.48. The van der Waals surface area contributed by atoms with Gasteiger partial charge in [-0.15, -0.1) is 0 Å². The van der Waals surface area contributed by atoms with Gasteiger partial charge in [-0.25, -0.2) is 0 Å². The molecule has 3 aromatic rings. The SMILES string of the molecule is CCOc1cc(C2Nc3ccccc3NC3=C2C(=O)CC(c2cc(OC)c(OC)c(OC)c2)C3)cc(Br)c1OC. The lowest BCUT2D eigenvalue weighted by Gasteiger charge is -2.30. The zero-order valence-corrected chi connectivity index (χ0v) is 24.8. The topological polar surface area (TPSA) is 87.3 Å². The molecule has 0 spiro atoms. The van der Waals surface area contributed by atoms with Crippen molar-refractivity contribution in [2.75, 3.05) is 45.7 Å². The van der Waals surface area contributed by atoms with Crippen LogP contribution < -0.4 is 34.3 Å². The Kier molecular flexibility index (Phi) is 8.12. The van der Waals surface area contributed by atoms with E-state index >= 15 is 0 Å². The highest BCUT2D eigenvalue weighted by molar-refractivity contribution is 9.10. The Balaban J connectivity index is 1.62. The highest BCUT2D eigenvalue weighted by atomic mass is 79.9. The van der Waals surface area contributed by atoms with E-state index in [9.17, 15) is 4.79 Å². The van der Waals surface area contributed by atoms with Crippen molar-refractivity contribution in [1.82, 2.24) is 0 Å². The lowest BCUT2D eigenvalue weighted by atomic mass is 9.78. The number of carbonyl (C=O) groups excluding carboxylic acids is 1. The Labute approximate surface area is 242 Å². The number of ether oxygens (including phenoxy) is 5. The minimum absolute atomic E-state index is 0.0581. The van der Waals surface area contributed by atoms with Crippen molar-refractivity contribution in [2.24, 2.45) is 0 Å². The Morgan fingerprint density at radius 1 is 0.825 bits per heavy atom. The van der Waals surface area contributed by atoms with Crippen LogP contribution in [0.1, 0.15) is 42.9 Å². The van der Waals surface area contributed by atoms with Crippen LogP contribution in [-0.2, 0) is 4.79 Å². The summed E-state index contributed by atoms with van der Waals surface area (Å²) in [6.45, 7) is 2.41. The molecule has 1 aliphatic carbocycles. The minimum Gasteiger partial charge on any atom is -0.493 e. The summed E-state index contributed by atoms with van der Waals surface area (Å²) in [6, 6.07) is 15.4. The zero-order chi connectivity index (χ0) is 28.4. The molecule has 0 saturated carbocycles. The number of carbonyl (C=O) groups is 1. The van der Waals surface area contributed by atoms with Crippen LogP contribution in [0.15, 0.2) is 64.3 Å². The predicted molar refractivity (Wildman–Crippen MR) is 158 cm³/mol. The van der Waals surface area contributed by atoms with E-state index in [1.165, 1.54) is 0 Å². The molecule has 9 heteroatoms. The molecule has 0 radical (unpaired) electrons. The molecular weight excluding hydrogens is 576 g/mol. The highest BCUT2D eigenvalue weighted by Gasteiger charge is 2.37. The number of methoxy groups -OCH3 is 4. The van der Waals surface area contributed by atoms with Crippen LogP contribution in [0.5, 0.6) is 28.7 Å². The van der Waals surface area contributed by atoms with Gasteiger partial charge in [0.2, 0.25) is 5.75 Å². The molecule has 0 amide bonds. The summed E-state index contributed by atoms with van der Waals surface area (Å²) in [4.78, 5) is 14.1. The molecular formula is C31H33BrN2O6. The summed E-state index contributed by atoms with van der Waals surface area (Å²) in [5.74, 6) is 2.86. The summed E-state index contributed by atoms with van der Waals surface area (Å²) in [7, 11) is 6.38. The molecule has 2 aliphatic rings. The number of anilines is 2. The van der Waals surface area contributed by atoms with Gasteiger partial charge in [0.25, 0.3) is 0 Å². The molecule has 40 heavy (non-hydrogen) atoms. The molecule has 210 valence electrons. The first kappa shape index (κ1) is 27.7. The van der Waals surface area contributed by atoms with Gasteiger partial charge in [0.1, 0.15) is 0 Å². The molecule has 2 unspecified atom stereocenters. The van der Waals surface area contributed by atoms with Crippen LogP contribution in [-0.4, -0.2) is 40.8 Å². The first-order valence-corrected chi connectivity index (χ1v) is 13.9. The average Bonchev–Trinajstić information content (AvgIpc) is 3.13. The summed E-state index contributed by atoms with van der Waals surface area (Å²) in [5.41, 5.74) is 5.24. The van der Waals surface area contributed by atoms with Gasteiger partial charge in [-0.2, -0.15) is 0 Å². The minimum atomic E-state index is -0.402. The summed E-state index contributed by atoms with van der Waals surface area (Å²) >= 11 is 3.64. The third kappa shape index (κ3) is 5.06. The average molecular weight is 610 g/mol. The van der Waals surface area contributed by atoms with Crippen molar-refractivity contribution >= 4 is 33.1 Å². The van der Waals surface area contributed by atoms with Crippen LogP contribution in [0.3, 0.4) is 0 Å². The number of hydrogen-bond donors (Lipinski definition) is 2. The molecule has 2 atom stereocenters.